The second-order valence-electron chi connectivity index (χ2n) is 8.47. The highest BCUT2D eigenvalue weighted by Crippen LogP contribution is 2.33. The third-order valence-electron chi connectivity index (χ3n) is 6.31. The molecule has 9 nitrogen and oxygen atoms in total. The Kier molecular flexibility index (Phi) is 6.94. The average molecular weight is 478 g/mol. The number of nitro groups is 1. The van der Waals surface area contributed by atoms with Gasteiger partial charge in [0.15, 0.2) is 0 Å². The molecule has 0 amide bonds. The van der Waals surface area contributed by atoms with E-state index in [1.54, 1.807) is 18.2 Å². The molecule has 2 aliphatic rings. The smallest absolute Gasteiger partial charge is 0.293 e. The van der Waals surface area contributed by atoms with Gasteiger partial charge in [0.1, 0.15) is 11.5 Å². The fraction of sp³-hybridized carbons (Fsp3) is 0.455. The average Bonchev–Trinajstić information content (AvgIpc) is 2.81. The van der Waals surface area contributed by atoms with Crippen molar-refractivity contribution in [2.45, 2.75) is 11.4 Å². The molecule has 0 aromatic heterocycles. The van der Waals surface area contributed by atoms with Gasteiger partial charge in [-0.25, -0.2) is 12.8 Å². The lowest BCUT2D eigenvalue weighted by molar-refractivity contribution is -0.384. The van der Waals surface area contributed by atoms with E-state index < -0.39 is 14.9 Å². The summed E-state index contributed by atoms with van der Waals surface area (Å²) in [6, 6.07) is 10.8. The molecule has 2 aliphatic heterocycles. The molecule has 11 heteroatoms. The summed E-state index contributed by atoms with van der Waals surface area (Å²) < 4.78 is 41.4. The van der Waals surface area contributed by atoms with E-state index in [-0.39, 0.29) is 16.4 Å². The van der Waals surface area contributed by atoms with Crippen LogP contribution >= 0.6 is 0 Å². The monoisotopic (exact) mass is 477 g/mol. The lowest BCUT2D eigenvalue weighted by Gasteiger charge is -2.36. The first-order valence-electron chi connectivity index (χ1n) is 10.9. The molecule has 2 aromatic rings. The Hall–Kier alpha value is -2.60. The molecule has 0 aliphatic carbocycles. The Balaban J connectivity index is 1.48. The zero-order valence-corrected chi connectivity index (χ0v) is 19.4. The Morgan fingerprint density at radius 1 is 0.970 bits per heavy atom. The van der Waals surface area contributed by atoms with Gasteiger partial charge in [-0.15, -0.1) is 0 Å². The molecular weight excluding hydrogens is 449 g/mol. The molecule has 2 fully saturated rings. The minimum Gasteiger partial charge on any atom is -0.363 e. The second kappa shape index (κ2) is 9.72. The van der Waals surface area contributed by atoms with E-state index in [0.717, 1.165) is 0 Å². The number of piperazine rings is 2. The van der Waals surface area contributed by atoms with Gasteiger partial charge in [0.05, 0.1) is 9.82 Å². The summed E-state index contributed by atoms with van der Waals surface area (Å²) in [7, 11) is -1.87. The first-order chi connectivity index (χ1) is 15.8. The molecule has 0 saturated carbocycles. The minimum absolute atomic E-state index is 0.0549. The number of likely N-dealkylation sites (N-methyl/N-ethyl adjacent to an activating group) is 1. The normalized spacial score (nSPS) is 19.0. The van der Waals surface area contributed by atoms with E-state index in [9.17, 15) is 22.9 Å². The highest BCUT2D eigenvalue weighted by atomic mass is 32.2. The van der Waals surface area contributed by atoms with Gasteiger partial charge in [0.2, 0.25) is 10.0 Å². The Morgan fingerprint density at radius 3 is 2.27 bits per heavy atom. The van der Waals surface area contributed by atoms with Crippen molar-refractivity contribution < 1.29 is 17.7 Å². The summed E-state index contributed by atoms with van der Waals surface area (Å²) in [5, 5.41) is 11.8. The van der Waals surface area contributed by atoms with E-state index in [1.807, 2.05) is 16.8 Å². The summed E-state index contributed by atoms with van der Waals surface area (Å²) in [5.41, 5.74) is 0.811. The summed E-state index contributed by atoms with van der Waals surface area (Å²) in [6.07, 6.45) is 0. The number of nitro benzene ring substituents is 1. The van der Waals surface area contributed by atoms with Crippen LogP contribution in [0.3, 0.4) is 0 Å². The summed E-state index contributed by atoms with van der Waals surface area (Å²) in [4.78, 5) is 17.3. The maximum Gasteiger partial charge on any atom is 0.293 e. The standard InChI is InChI=1S/C22H28FN5O4S/c1-24-8-14-27(15-9-24)33(31,32)19-6-7-21(22(16-19)28(29)30)26-12-10-25(11-13-26)17-18-4-2-3-5-20(18)23/h2-7,16H,8-15,17H2,1H3. The highest BCUT2D eigenvalue weighted by molar-refractivity contribution is 7.89. The fourth-order valence-electron chi connectivity index (χ4n) is 4.27. The van der Waals surface area contributed by atoms with Crippen LogP contribution in [0.1, 0.15) is 5.56 Å². The SMILES string of the molecule is CN1CCN(S(=O)(=O)c2ccc(N3CCN(Cc4ccccc4F)CC3)c([N+](=O)[O-])c2)CC1. The van der Waals surface area contributed by atoms with Crippen LogP contribution in [0, 0.1) is 15.9 Å². The zero-order valence-electron chi connectivity index (χ0n) is 18.6. The number of anilines is 1. The van der Waals surface area contributed by atoms with Gasteiger partial charge in [-0.1, -0.05) is 18.2 Å². The molecule has 0 spiro atoms. The first-order valence-corrected chi connectivity index (χ1v) is 12.4. The van der Waals surface area contributed by atoms with Crippen LogP contribution in [0.25, 0.3) is 0 Å². The Bertz CT molecular complexity index is 1110. The van der Waals surface area contributed by atoms with Crippen molar-refractivity contribution in [1.29, 1.82) is 0 Å². The van der Waals surface area contributed by atoms with Crippen LogP contribution in [0.15, 0.2) is 47.4 Å². The van der Waals surface area contributed by atoms with E-state index in [0.29, 0.717) is 70.2 Å². The van der Waals surface area contributed by atoms with Gasteiger partial charge >= 0.3 is 0 Å². The van der Waals surface area contributed by atoms with Crippen molar-refractivity contribution >= 4 is 21.4 Å². The van der Waals surface area contributed by atoms with Crippen molar-refractivity contribution in [3.63, 3.8) is 0 Å². The van der Waals surface area contributed by atoms with Gasteiger partial charge in [-0.2, -0.15) is 4.31 Å². The van der Waals surface area contributed by atoms with Crippen molar-refractivity contribution in [3.05, 3.63) is 64.0 Å². The van der Waals surface area contributed by atoms with Gasteiger partial charge in [-0.05, 0) is 25.2 Å². The van der Waals surface area contributed by atoms with Crippen molar-refractivity contribution in [2.75, 3.05) is 64.3 Å². The quantitative estimate of drug-likeness (QED) is 0.464. The molecule has 4 rings (SSSR count). The maximum atomic E-state index is 13.9. The second-order valence-corrected chi connectivity index (χ2v) is 10.4. The van der Waals surface area contributed by atoms with Gasteiger partial charge < -0.3 is 9.80 Å². The number of hydrogen-bond donors (Lipinski definition) is 0. The molecular formula is C22H28FN5O4S. The first kappa shape index (κ1) is 23.6. The van der Waals surface area contributed by atoms with Crippen LogP contribution in [-0.4, -0.2) is 86.9 Å². The van der Waals surface area contributed by atoms with Crippen molar-refractivity contribution in [3.8, 4) is 0 Å². The number of nitrogens with zero attached hydrogens (tertiary/aromatic N) is 5. The van der Waals surface area contributed by atoms with Crippen LogP contribution in [-0.2, 0) is 16.6 Å². The number of rotatable bonds is 6. The predicted octanol–water partition coefficient (Wildman–Crippen LogP) is 1.99. The predicted molar refractivity (Wildman–Crippen MR) is 123 cm³/mol. The van der Waals surface area contributed by atoms with Crippen molar-refractivity contribution in [2.24, 2.45) is 0 Å². The number of hydrogen-bond acceptors (Lipinski definition) is 7. The third-order valence-corrected chi connectivity index (χ3v) is 8.20. The van der Waals surface area contributed by atoms with Crippen LogP contribution in [0.5, 0.6) is 0 Å². The molecule has 2 heterocycles. The lowest BCUT2D eigenvalue weighted by atomic mass is 10.1. The summed E-state index contributed by atoms with van der Waals surface area (Å²) >= 11 is 0. The molecule has 0 N–H and O–H groups in total. The van der Waals surface area contributed by atoms with E-state index in [1.165, 1.54) is 28.6 Å². The number of halogens is 1. The summed E-state index contributed by atoms with van der Waals surface area (Å²) in [6.45, 7) is 4.73. The maximum absolute atomic E-state index is 13.9. The molecule has 33 heavy (non-hydrogen) atoms. The number of sulfonamides is 1. The molecule has 178 valence electrons. The minimum atomic E-state index is -3.80. The fourth-order valence-corrected chi connectivity index (χ4v) is 5.71. The zero-order chi connectivity index (χ0) is 23.6. The van der Waals surface area contributed by atoms with Gasteiger partial charge in [0.25, 0.3) is 5.69 Å². The third kappa shape index (κ3) is 5.16. The Labute approximate surface area is 193 Å². The summed E-state index contributed by atoms with van der Waals surface area (Å²) in [5.74, 6) is -0.243. The molecule has 0 radical (unpaired) electrons. The van der Waals surface area contributed by atoms with Crippen LogP contribution in [0.4, 0.5) is 15.8 Å². The van der Waals surface area contributed by atoms with E-state index >= 15 is 0 Å². The molecule has 0 atom stereocenters. The molecule has 2 aromatic carbocycles. The lowest BCUT2D eigenvalue weighted by Crippen LogP contribution is -2.47. The number of benzene rings is 2. The van der Waals surface area contributed by atoms with Crippen molar-refractivity contribution in [1.82, 2.24) is 14.1 Å². The van der Waals surface area contributed by atoms with Crippen LogP contribution < -0.4 is 4.90 Å². The molecule has 2 saturated heterocycles. The topological polar surface area (TPSA) is 90.2 Å². The van der Waals surface area contributed by atoms with E-state index in [2.05, 4.69) is 4.90 Å². The van der Waals surface area contributed by atoms with Gasteiger partial charge in [0, 0.05) is 70.5 Å². The van der Waals surface area contributed by atoms with E-state index in [4.69, 9.17) is 0 Å². The largest absolute Gasteiger partial charge is 0.363 e. The Morgan fingerprint density at radius 2 is 1.64 bits per heavy atom. The highest BCUT2D eigenvalue weighted by Gasteiger charge is 2.31. The van der Waals surface area contributed by atoms with Gasteiger partial charge in [-0.3, -0.25) is 15.0 Å². The molecule has 0 unspecified atom stereocenters. The van der Waals surface area contributed by atoms with Crippen LogP contribution in [0.2, 0.25) is 0 Å². The molecule has 0 bridgehead atoms.